The standard InChI is InChI=1S/C20H26N8O2/c1-3-30-11-10-28-17-16(13(2)26-28)24-20(27-9-7-14(12-27)18(21)29)25-19(17)23-15-6-4-5-8-22-15/h4-6,8,14H,3,7,9-12H2,1-2H3,(H2,21,29)(H,22,23,24,25)/t14-/m1/s1. The molecule has 4 heterocycles. The summed E-state index contributed by atoms with van der Waals surface area (Å²) in [6.45, 7) is 6.87. The van der Waals surface area contributed by atoms with Crippen LogP contribution >= 0.6 is 0 Å². The van der Waals surface area contributed by atoms with Gasteiger partial charge in [-0.15, -0.1) is 0 Å². The Bertz CT molecular complexity index is 1040. The fraction of sp³-hybridized carbons (Fsp3) is 0.450. The number of carbonyl (C=O) groups is 1. The zero-order valence-electron chi connectivity index (χ0n) is 17.2. The van der Waals surface area contributed by atoms with Crippen molar-refractivity contribution in [3.8, 4) is 0 Å². The van der Waals surface area contributed by atoms with Gasteiger partial charge in [0, 0.05) is 25.9 Å². The Morgan fingerprint density at radius 3 is 2.93 bits per heavy atom. The number of anilines is 3. The van der Waals surface area contributed by atoms with Crippen molar-refractivity contribution >= 4 is 34.5 Å². The summed E-state index contributed by atoms with van der Waals surface area (Å²) in [5.74, 6) is 1.37. The first-order valence-electron chi connectivity index (χ1n) is 10.1. The smallest absolute Gasteiger partial charge is 0.228 e. The molecule has 0 unspecified atom stereocenters. The number of pyridine rings is 1. The van der Waals surface area contributed by atoms with Crippen LogP contribution < -0.4 is 16.0 Å². The zero-order chi connectivity index (χ0) is 21.1. The highest BCUT2D eigenvalue weighted by molar-refractivity contribution is 5.90. The molecule has 158 valence electrons. The van der Waals surface area contributed by atoms with Gasteiger partial charge in [0.05, 0.1) is 24.8 Å². The van der Waals surface area contributed by atoms with E-state index in [1.165, 1.54) is 0 Å². The van der Waals surface area contributed by atoms with Crippen molar-refractivity contribution in [1.82, 2.24) is 24.7 Å². The van der Waals surface area contributed by atoms with Crippen LogP contribution in [0.2, 0.25) is 0 Å². The summed E-state index contributed by atoms with van der Waals surface area (Å²) in [6.07, 6.45) is 2.42. The number of carbonyl (C=O) groups excluding carboxylic acids is 1. The van der Waals surface area contributed by atoms with Gasteiger partial charge in [0.25, 0.3) is 0 Å². The lowest BCUT2D eigenvalue weighted by molar-refractivity contribution is -0.121. The van der Waals surface area contributed by atoms with Gasteiger partial charge in [0.2, 0.25) is 11.9 Å². The van der Waals surface area contributed by atoms with Gasteiger partial charge in [-0.3, -0.25) is 9.48 Å². The molecule has 0 bridgehead atoms. The number of primary amides is 1. The maximum absolute atomic E-state index is 11.6. The van der Waals surface area contributed by atoms with Crippen LogP contribution in [0.3, 0.4) is 0 Å². The lowest BCUT2D eigenvalue weighted by atomic mass is 10.1. The van der Waals surface area contributed by atoms with E-state index in [0.717, 1.165) is 16.7 Å². The van der Waals surface area contributed by atoms with Gasteiger partial charge in [-0.2, -0.15) is 10.1 Å². The van der Waals surface area contributed by atoms with Crippen LogP contribution in [0, 0.1) is 12.8 Å². The summed E-state index contributed by atoms with van der Waals surface area (Å²) in [4.78, 5) is 27.5. The monoisotopic (exact) mass is 410 g/mol. The molecule has 0 saturated carbocycles. The minimum atomic E-state index is -0.287. The molecule has 3 aromatic heterocycles. The van der Waals surface area contributed by atoms with Gasteiger partial charge in [0.1, 0.15) is 16.9 Å². The molecule has 1 aliphatic rings. The predicted octanol–water partition coefficient (Wildman–Crippen LogP) is 1.62. The molecule has 30 heavy (non-hydrogen) atoms. The normalized spacial score (nSPS) is 16.3. The minimum Gasteiger partial charge on any atom is -0.380 e. The molecule has 3 N–H and O–H groups in total. The fourth-order valence-electron chi connectivity index (χ4n) is 3.64. The highest BCUT2D eigenvalue weighted by Crippen LogP contribution is 2.30. The Kier molecular flexibility index (Phi) is 5.75. The number of rotatable bonds is 8. The van der Waals surface area contributed by atoms with E-state index in [1.807, 2.05) is 41.6 Å². The van der Waals surface area contributed by atoms with Crippen molar-refractivity contribution in [2.45, 2.75) is 26.8 Å². The van der Waals surface area contributed by atoms with Crippen molar-refractivity contribution in [2.24, 2.45) is 11.7 Å². The Morgan fingerprint density at radius 1 is 1.37 bits per heavy atom. The largest absolute Gasteiger partial charge is 0.380 e. The second-order valence-electron chi connectivity index (χ2n) is 7.25. The number of fused-ring (bicyclic) bond motifs is 1. The van der Waals surface area contributed by atoms with E-state index in [2.05, 4.69) is 15.4 Å². The van der Waals surface area contributed by atoms with E-state index in [9.17, 15) is 4.79 Å². The molecular weight excluding hydrogens is 384 g/mol. The van der Waals surface area contributed by atoms with Crippen molar-refractivity contribution in [3.63, 3.8) is 0 Å². The van der Waals surface area contributed by atoms with Crippen LogP contribution in [-0.4, -0.2) is 56.9 Å². The Morgan fingerprint density at radius 2 is 2.23 bits per heavy atom. The lowest BCUT2D eigenvalue weighted by Gasteiger charge is -2.18. The zero-order valence-corrected chi connectivity index (χ0v) is 17.2. The first-order valence-corrected chi connectivity index (χ1v) is 10.1. The molecule has 1 atom stereocenters. The molecule has 0 radical (unpaired) electrons. The molecule has 0 aromatic carbocycles. The molecule has 0 spiro atoms. The van der Waals surface area contributed by atoms with E-state index >= 15 is 0 Å². The fourth-order valence-corrected chi connectivity index (χ4v) is 3.64. The molecule has 1 amide bonds. The van der Waals surface area contributed by atoms with Crippen LogP contribution in [0.5, 0.6) is 0 Å². The number of ether oxygens (including phenoxy) is 1. The van der Waals surface area contributed by atoms with Crippen LogP contribution in [0.25, 0.3) is 11.0 Å². The van der Waals surface area contributed by atoms with Gasteiger partial charge in [0.15, 0.2) is 5.82 Å². The van der Waals surface area contributed by atoms with E-state index in [0.29, 0.717) is 56.9 Å². The molecule has 1 aliphatic heterocycles. The number of nitrogens with one attached hydrogen (secondary N) is 1. The topological polar surface area (TPSA) is 124 Å². The number of aromatic nitrogens is 5. The number of amides is 1. The second kappa shape index (κ2) is 8.62. The average molecular weight is 410 g/mol. The number of nitrogens with two attached hydrogens (primary N) is 1. The predicted molar refractivity (Wildman–Crippen MR) is 114 cm³/mol. The van der Waals surface area contributed by atoms with E-state index in [4.69, 9.17) is 20.4 Å². The first kappa shape index (κ1) is 20.0. The SMILES string of the molecule is CCOCCn1nc(C)c2nc(N3CC[C@@H](C(N)=O)C3)nc(Nc3ccccn3)c21. The third kappa shape index (κ3) is 4.04. The van der Waals surface area contributed by atoms with E-state index < -0.39 is 0 Å². The molecule has 1 saturated heterocycles. The summed E-state index contributed by atoms with van der Waals surface area (Å²) in [5.41, 5.74) is 7.86. The van der Waals surface area contributed by atoms with Crippen LogP contribution in [0.4, 0.5) is 17.6 Å². The van der Waals surface area contributed by atoms with Crippen LogP contribution in [0.15, 0.2) is 24.4 Å². The molecule has 10 nitrogen and oxygen atoms in total. The Balaban J connectivity index is 1.76. The molecule has 0 aliphatic carbocycles. The van der Waals surface area contributed by atoms with Crippen molar-refractivity contribution in [1.29, 1.82) is 0 Å². The van der Waals surface area contributed by atoms with Crippen molar-refractivity contribution < 1.29 is 9.53 Å². The molecular formula is C20H26N8O2. The third-order valence-corrected chi connectivity index (χ3v) is 5.18. The van der Waals surface area contributed by atoms with Gasteiger partial charge in [-0.25, -0.2) is 9.97 Å². The Hall–Kier alpha value is -3.27. The highest BCUT2D eigenvalue weighted by Gasteiger charge is 2.29. The average Bonchev–Trinajstić information content (AvgIpc) is 3.35. The lowest BCUT2D eigenvalue weighted by Crippen LogP contribution is -2.28. The summed E-state index contributed by atoms with van der Waals surface area (Å²) in [6, 6.07) is 5.64. The van der Waals surface area contributed by atoms with E-state index in [-0.39, 0.29) is 11.8 Å². The third-order valence-electron chi connectivity index (χ3n) is 5.18. The summed E-state index contributed by atoms with van der Waals surface area (Å²) >= 11 is 0. The maximum atomic E-state index is 11.6. The maximum Gasteiger partial charge on any atom is 0.228 e. The van der Waals surface area contributed by atoms with Crippen molar-refractivity contribution in [3.05, 3.63) is 30.1 Å². The highest BCUT2D eigenvalue weighted by atomic mass is 16.5. The number of hydrogen-bond acceptors (Lipinski definition) is 8. The van der Waals surface area contributed by atoms with Gasteiger partial charge < -0.3 is 20.7 Å². The van der Waals surface area contributed by atoms with Gasteiger partial charge in [-0.1, -0.05) is 6.07 Å². The molecule has 4 rings (SSSR count). The van der Waals surface area contributed by atoms with Gasteiger partial charge in [-0.05, 0) is 32.4 Å². The number of nitrogens with zero attached hydrogens (tertiary/aromatic N) is 6. The molecule has 1 fully saturated rings. The van der Waals surface area contributed by atoms with Crippen molar-refractivity contribution in [2.75, 3.05) is 36.5 Å². The quantitative estimate of drug-likeness (QED) is 0.537. The van der Waals surface area contributed by atoms with Crippen LogP contribution in [0.1, 0.15) is 19.0 Å². The minimum absolute atomic E-state index is 0.188. The van der Waals surface area contributed by atoms with Gasteiger partial charge >= 0.3 is 0 Å². The summed E-state index contributed by atoms with van der Waals surface area (Å²) in [5, 5.41) is 7.96. The Labute approximate surface area is 174 Å². The summed E-state index contributed by atoms with van der Waals surface area (Å²) in [7, 11) is 0. The number of hydrogen-bond donors (Lipinski definition) is 2. The first-order chi connectivity index (χ1) is 14.6. The van der Waals surface area contributed by atoms with E-state index in [1.54, 1.807) is 6.20 Å². The summed E-state index contributed by atoms with van der Waals surface area (Å²) < 4.78 is 7.37. The number of aryl methyl sites for hydroxylation is 1. The molecule has 10 heteroatoms. The van der Waals surface area contributed by atoms with Crippen LogP contribution in [-0.2, 0) is 16.1 Å². The molecule has 3 aromatic rings. The second-order valence-corrected chi connectivity index (χ2v) is 7.25.